The average molecular weight is 252 g/mol. The number of aromatic amines is 1. The summed E-state index contributed by atoms with van der Waals surface area (Å²) in [4.78, 5) is 19.3. The Bertz CT molecular complexity index is 522. The molecule has 0 aliphatic heterocycles. The van der Waals surface area contributed by atoms with Crippen molar-refractivity contribution in [2.45, 2.75) is 13.3 Å². The summed E-state index contributed by atoms with van der Waals surface area (Å²) >= 11 is 5.58. The second kappa shape index (κ2) is 4.92. The molecule has 17 heavy (non-hydrogen) atoms. The van der Waals surface area contributed by atoms with Crippen LogP contribution < -0.4 is 5.32 Å². The number of carbonyl (C=O) groups excluding carboxylic acids is 1. The summed E-state index contributed by atoms with van der Waals surface area (Å²) in [6.07, 6.45) is 3.45. The second-order valence-corrected chi connectivity index (χ2v) is 3.70. The van der Waals surface area contributed by atoms with Gasteiger partial charge in [0.2, 0.25) is 0 Å². The highest BCUT2D eigenvalue weighted by molar-refractivity contribution is 6.29. The molecule has 0 saturated carbocycles. The van der Waals surface area contributed by atoms with E-state index in [2.05, 4.69) is 25.5 Å². The Morgan fingerprint density at radius 2 is 2.29 bits per heavy atom. The summed E-state index contributed by atoms with van der Waals surface area (Å²) in [5.41, 5.74) is 1.14. The van der Waals surface area contributed by atoms with E-state index in [9.17, 15) is 4.79 Å². The molecule has 2 aromatic rings. The van der Waals surface area contributed by atoms with Gasteiger partial charge in [0.25, 0.3) is 5.91 Å². The number of hydrogen-bond acceptors (Lipinski definition) is 4. The van der Waals surface area contributed by atoms with Gasteiger partial charge in [-0.1, -0.05) is 18.5 Å². The molecule has 2 N–H and O–H groups in total. The van der Waals surface area contributed by atoms with Gasteiger partial charge in [0.05, 0.1) is 12.4 Å². The molecule has 0 fully saturated rings. The van der Waals surface area contributed by atoms with Crippen molar-refractivity contribution in [3.63, 3.8) is 0 Å². The minimum absolute atomic E-state index is 0.190. The Morgan fingerprint density at radius 3 is 2.88 bits per heavy atom. The van der Waals surface area contributed by atoms with Gasteiger partial charge in [-0.15, -0.1) is 0 Å². The summed E-state index contributed by atoms with van der Waals surface area (Å²) in [6.45, 7) is 1.99. The second-order valence-electron chi connectivity index (χ2n) is 3.31. The molecule has 2 heterocycles. The largest absolute Gasteiger partial charge is 0.304 e. The lowest BCUT2D eigenvalue weighted by Crippen LogP contribution is -2.14. The highest BCUT2D eigenvalue weighted by Gasteiger charge is 2.09. The van der Waals surface area contributed by atoms with Gasteiger partial charge in [0.1, 0.15) is 10.8 Å². The van der Waals surface area contributed by atoms with E-state index in [1.165, 1.54) is 12.4 Å². The zero-order valence-electron chi connectivity index (χ0n) is 9.07. The number of amides is 1. The van der Waals surface area contributed by atoms with Crippen LogP contribution in [0.2, 0.25) is 5.15 Å². The summed E-state index contributed by atoms with van der Waals surface area (Å²) in [6, 6.07) is 1.77. The Labute approximate surface area is 102 Å². The molecule has 2 aromatic heterocycles. The molecule has 7 heteroatoms. The normalized spacial score (nSPS) is 10.2. The predicted octanol–water partition coefficient (Wildman–Crippen LogP) is 1.67. The number of nitrogens with zero attached hydrogens (tertiary/aromatic N) is 3. The van der Waals surface area contributed by atoms with Crippen LogP contribution in [0.4, 0.5) is 5.82 Å². The maximum absolute atomic E-state index is 11.7. The van der Waals surface area contributed by atoms with Crippen LogP contribution in [-0.2, 0) is 6.42 Å². The quantitative estimate of drug-likeness (QED) is 0.869. The van der Waals surface area contributed by atoms with Crippen molar-refractivity contribution in [1.82, 2.24) is 20.2 Å². The van der Waals surface area contributed by atoms with Gasteiger partial charge in [0.15, 0.2) is 5.82 Å². The maximum Gasteiger partial charge on any atom is 0.277 e. The molecule has 0 aliphatic rings. The number of hydrogen-bond donors (Lipinski definition) is 2. The number of aryl methyl sites for hydroxylation is 1. The van der Waals surface area contributed by atoms with E-state index < -0.39 is 0 Å². The van der Waals surface area contributed by atoms with Crippen LogP contribution >= 0.6 is 11.6 Å². The molecule has 0 bridgehead atoms. The molecule has 2 rings (SSSR count). The Kier molecular flexibility index (Phi) is 3.34. The molecule has 0 saturated heterocycles. The number of carbonyl (C=O) groups is 1. The van der Waals surface area contributed by atoms with Crippen LogP contribution in [0.15, 0.2) is 18.5 Å². The van der Waals surface area contributed by atoms with Crippen LogP contribution in [-0.4, -0.2) is 26.1 Å². The number of rotatable bonds is 3. The smallest absolute Gasteiger partial charge is 0.277 e. The third-order valence-corrected chi connectivity index (χ3v) is 2.30. The molecule has 0 aliphatic carbocycles. The van der Waals surface area contributed by atoms with Gasteiger partial charge >= 0.3 is 0 Å². The molecule has 0 radical (unpaired) electrons. The van der Waals surface area contributed by atoms with Crippen molar-refractivity contribution >= 4 is 23.3 Å². The zero-order valence-corrected chi connectivity index (χ0v) is 9.82. The van der Waals surface area contributed by atoms with E-state index in [-0.39, 0.29) is 16.8 Å². The van der Waals surface area contributed by atoms with Gasteiger partial charge in [-0.25, -0.2) is 9.97 Å². The van der Waals surface area contributed by atoms with Crippen molar-refractivity contribution in [2.75, 3.05) is 5.32 Å². The number of H-pyrrole nitrogens is 1. The predicted molar refractivity (Wildman–Crippen MR) is 63.0 cm³/mol. The van der Waals surface area contributed by atoms with E-state index in [0.29, 0.717) is 5.82 Å². The highest BCUT2D eigenvalue weighted by Crippen LogP contribution is 2.08. The minimum Gasteiger partial charge on any atom is -0.304 e. The molecule has 0 unspecified atom stereocenters. The van der Waals surface area contributed by atoms with Gasteiger partial charge < -0.3 is 5.32 Å². The Balaban J connectivity index is 2.08. The first-order chi connectivity index (χ1) is 8.19. The van der Waals surface area contributed by atoms with Crippen molar-refractivity contribution < 1.29 is 4.79 Å². The molecule has 1 amide bonds. The van der Waals surface area contributed by atoms with Crippen LogP contribution in [0, 0.1) is 0 Å². The third-order valence-electron chi connectivity index (χ3n) is 2.11. The van der Waals surface area contributed by atoms with Crippen molar-refractivity contribution in [2.24, 2.45) is 0 Å². The molecule has 0 aromatic carbocycles. The van der Waals surface area contributed by atoms with Crippen LogP contribution in [0.25, 0.3) is 0 Å². The number of anilines is 1. The fourth-order valence-electron chi connectivity index (χ4n) is 1.22. The summed E-state index contributed by atoms with van der Waals surface area (Å²) in [5.74, 6) is 0.0897. The Hall–Kier alpha value is -1.95. The van der Waals surface area contributed by atoms with Crippen LogP contribution in [0.3, 0.4) is 0 Å². The average Bonchev–Trinajstić information content (AvgIpc) is 2.77. The Morgan fingerprint density at radius 1 is 1.47 bits per heavy atom. The van der Waals surface area contributed by atoms with Gasteiger partial charge in [0, 0.05) is 11.8 Å². The lowest BCUT2D eigenvalue weighted by molar-refractivity contribution is 0.102. The van der Waals surface area contributed by atoms with Gasteiger partial charge in [-0.05, 0) is 6.42 Å². The van der Waals surface area contributed by atoms with Crippen LogP contribution in [0.1, 0.15) is 23.1 Å². The van der Waals surface area contributed by atoms with Crippen molar-refractivity contribution in [3.8, 4) is 0 Å². The summed E-state index contributed by atoms with van der Waals surface area (Å²) in [7, 11) is 0. The van der Waals surface area contributed by atoms with E-state index in [1.54, 1.807) is 6.07 Å². The SMILES string of the molecule is CCc1cc(NC(=O)c2cnc(Cl)cn2)n[nH]1. The first-order valence-corrected chi connectivity index (χ1v) is 5.40. The van der Waals surface area contributed by atoms with E-state index in [1.807, 2.05) is 6.92 Å². The van der Waals surface area contributed by atoms with Crippen molar-refractivity contribution in [3.05, 3.63) is 35.0 Å². The lowest BCUT2D eigenvalue weighted by atomic mass is 10.3. The molecular weight excluding hydrogens is 242 g/mol. The highest BCUT2D eigenvalue weighted by atomic mass is 35.5. The summed E-state index contributed by atoms with van der Waals surface area (Å²) in [5, 5.41) is 9.59. The minimum atomic E-state index is -0.372. The van der Waals surface area contributed by atoms with E-state index in [0.717, 1.165) is 12.1 Å². The zero-order chi connectivity index (χ0) is 12.3. The molecule has 0 spiro atoms. The number of nitrogens with one attached hydrogen (secondary N) is 2. The fraction of sp³-hybridized carbons (Fsp3) is 0.200. The summed E-state index contributed by atoms with van der Waals surface area (Å²) < 4.78 is 0. The first-order valence-electron chi connectivity index (χ1n) is 5.02. The maximum atomic E-state index is 11.7. The topological polar surface area (TPSA) is 83.6 Å². The third kappa shape index (κ3) is 2.79. The number of halogens is 1. The monoisotopic (exact) mass is 251 g/mol. The molecule has 88 valence electrons. The molecule has 6 nitrogen and oxygen atoms in total. The molecule has 0 atom stereocenters. The fourth-order valence-corrected chi connectivity index (χ4v) is 1.31. The lowest BCUT2D eigenvalue weighted by Gasteiger charge is -1.99. The molecular formula is C10H10ClN5O. The van der Waals surface area contributed by atoms with Gasteiger partial charge in [-0.3, -0.25) is 9.89 Å². The first kappa shape index (κ1) is 11.5. The standard InChI is InChI=1S/C10H10ClN5O/c1-2-6-3-9(16-15-6)14-10(17)7-4-13-8(11)5-12-7/h3-5H,2H2,1H3,(H2,14,15,16,17). The van der Waals surface area contributed by atoms with Gasteiger partial charge in [-0.2, -0.15) is 5.10 Å². The van der Waals surface area contributed by atoms with Crippen molar-refractivity contribution in [1.29, 1.82) is 0 Å². The van der Waals surface area contributed by atoms with Crippen LogP contribution in [0.5, 0.6) is 0 Å². The number of aromatic nitrogens is 4. The van der Waals surface area contributed by atoms with E-state index >= 15 is 0 Å². The van der Waals surface area contributed by atoms with E-state index in [4.69, 9.17) is 11.6 Å².